The smallest absolute Gasteiger partial charge is 0.316 e. The highest BCUT2D eigenvalue weighted by Crippen LogP contribution is 2.32. The minimum atomic E-state index is -0.658. The Morgan fingerprint density at radius 1 is 0.721 bits per heavy atom. The summed E-state index contributed by atoms with van der Waals surface area (Å²) in [7, 11) is 0. The van der Waals surface area contributed by atoms with Gasteiger partial charge in [0.1, 0.15) is 0 Å². The molecule has 1 rings (SSSR count). The Kier molecular flexibility index (Phi) is 25.6. The number of halogens is 1. The van der Waals surface area contributed by atoms with Gasteiger partial charge in [0.25, 0.3) is 0 Å². The second kappa shape index (κ2) is 25.4. The van der Waals surface area contributed by atoms with Crippen molar-refractivity contribution in [3.63, 3.8) is 0 Å². The predicted molar refractivity (Wildman–Crippen MR) is 183 cm³/mol. The molecule has 0 heterocycles. The Morgan fingerprint density at radius 2 is 1.16 bits per heavy atom. The quantitative estimate of drug-likeness (QED) is 0.0687. The number of benzene rings is 1. The number of nitrogens with two attached hydrogens (primary N) is 1. The molecule has 0 radical (unpaired) electrons. The molecule has 0 fully saturated rings. The van der Waals surface area contributed by atoms with Gasteiger partial charge in [0.2, 0.25) is 0 Å². The van der Waals surface area contributed by atoms with E-state index < -0.39 is 22.8 Å². The van der Waals surface area contributed by atoms with Crippen LogP contribution in [0.5, 0.6) is 11.5 Å². The van der Waals surface area contributed by atoms with Gasteiger partial charge in [-0.3, -0.25) is 9.59 Å². The van der Waals surface area contributed by atoms with Crippen molar-refractivity contribution in [1.82, 2.24) is 0 Å². The molecule has 1 aromatic rings. The van der Waals surface area contributed by atoms with E-state index in [4.69, 9.17) is 20.3 Å². The van der Waals surface area contributed by atoms with Crippen LogP contribution in [0.15, 0.2) is 30.4 Å². The molecule has 0 aliphatic rings. The van der Waals surface area contributed by atoms with Gasteiger partial charge in [-0.1, -0.05) is 82.9 Å². The molecule has 43 heavy (non-hydrogen) atoms. The molecule has 0 unspecified atom stereocenters. The highest BCUT2D eigenvalue weighted by atomic mass is 35.5. The Balaban J connectivity index is 0. The number of hydrogen-bond donors (Lipinski definition) is 2. The second-order valence-electron chi connectivity index (χ2n) is 13.3. The van der Waals surface area contributed by atoms with Crippen LogP contribution >= 0.6 is 12.4 Å². The zero-order valence-electron chi connectivity index (χ0n) is 28.5. The molecule has 0 saturated heterocycles. The first-order valence-electron chi connectivity index (χ1n) is 16.4. The van der Waals surface area contributed by atoms with E-state index in [0.717, 1.165) is 12.0 Å². The van der Waals surface area contributed by atoms with E-state index in [2.05, 4.69) is 19.1 Å². The zero-order valence-corrected chi connectivity index (χ0v) is 29.3. The van der Waals surface area contributed by atoms with Gasteiger partial charge >= 0.3 is 11.9 Å². The molecular formula is C36H64ClNO5. The van der Waals surface area contributed by atoms with E-state index in [9.17, 15) is 9.59 Å². The van der Waals surface area contributed by atoms with Gasteiger partial charge in [-0.05, 0) is 104 Å². The van der Waals surface area contributed by atoms with Crippen LogP contribution in [-0.2, 0) is 16.0 Å². The Bertz CT molecular complexity index is 887. The summed E-state index contributed by atoms with van der Waals surface area (Å²) in [4.78, 5) is 24.2. The molecule has 0 spiro atoms. The molecule has 0 aromatic heterocycles. The van der Waals surface area contributed by atoms with Gasteiger partial charge in [-0.2, -0.15) is 0 Å². The standard InChI is InChI=1S/C18H27NO4.C18H36O.ClH/c1-17(2,3)15(20)22-13-8-7-12(9-10-19)11-14(13)23-16(21)18(4,5)6;1-2-3-4-5-6-7-8-9-10-11-12-13-14-15-16-17-18-19;/h7-8,11H,9-10,19H2,1-6H3;9-10,19H,2-8,11-18H2,1H3;1H. The number of rotatable bonds is 19. The molecule has 7 heteroatoms. The molecular weight excluding hydrogens is 562 g/mol. The van der Waals surface area contributed by atoms with Gasteiger partial charge in [0.05, 0.1) is 10.8 Å². The third-order valence-electron chi connectivity index (χ3n) is 6.74. The van der Waals surface area contributed by atoms with E-state index in [0.29, 0.717) is 19.6 Å². The SMILES string of the molecule is CC(C)(C)C(=O)Oc1ccc(CCN)cc1OC(=O)C(C)(C)C.CCCCCCCCC=CCCCCCCCCO.Cl. The number of allylic oxidation sites excluding steroid dienone is 2. The minimum Gasteiger partial charge on any atom is -0.422 e. The van der Waals surface area contributed by atoms with Crippen molar-refractivity contribution < 1.29 is 24.2 Å². The number of aliphatic hydroxyl groups is 1. The van der Waals surface area contributed by atoms with Gasteiger partial charge < -0.3 is 20.3 Å². The average molecular weight is 626 g/mol. The average Bonchev–Trinajstić information content (AvgIpc) is 2.91. The Hall–Kier alpha value is -1.89. The van der Waals surface area contributed by atoms with E-state index in [-0.39, 0.29) is 23.9 Å². The fraction of sp³-hybridized carbons (Fsp3) is 0.722. The Morgan fingerprint density at radius 3 is 1.60 bits per heavy atom. The number of aliphatic hydroxyl groups excluding tert-OH is 1. The minimum absolute atomic E-state index is 0. The van der Waals surface area contributed by atoms with Crippen molar-refractivity contribution in [2.45, 2.75) is 145 Å². The van der Waals surface area contributed by atoms with Gasteiger partial charge in [0, 0.05) is 6.61 Å². The molecule has 1 aromatic carbocycles. The summed E-state index contributed by atoms with van der Waals surface area (Å²) in [5.74, 6) is -0.302. The molecule has 0 aliphatic heterocycles. The molecule has 6 nitrogen and oxygen atoms in total. The van der Waals surface area contributed by atoms with Crippen LogP contribution in [0.1, 0.15) is 144 Å². The normalized spacial score (nSPS) is 11.5. The molecule has 0 aliphatic carbocycles. The lowest BCUT2D eigenvalue weighted by atomic mass is 9.97. The number of carbonyl (C=O) groups excluding carboxylic acids is 2. The summed E-state index contributed by atoms with van der Waals surface area (Å²) in [6, 6.07) is 5.15. The van der Waals surface area contributed by atoms with Crippen LogP contribution < -0.4 is 15.2 Å². The Labute approximate surface area is 270 Å². The number of carbonyl (C=O) groups is 2. The highest BCUT2D eigenvalue weighted by molar-refractivity contribution is 5.85. The summed E-state index contributed by atoms with van der Waals surface area (Å²) >= 11 is 0. The lowest BCUT2D eigenvalue weighted by Gasteiger charge is -2.20. The highest BCUT2D eigenvalue weighted by Gasteiger charge is 2.28. The fourth-order valence-electron chi connectivity index (χ4n) is 3.90. The summed E-state index contributed by atoms with van der Waals surface area (Å²) in [6.07, 6.45) is 23.8. The van der Waals surface area contributed by atoms with Gasteiger partial charge in [-0.25, -0.2) is 0 Å². The maximum Gasteiger partial charge on any atom is 0.316 e. The zero-order chi connectivity index (χ0) is 31.9. The van der Waals surface area contributed by atoms with Gasteiger partial charge in [0.15, 0.2) is 11.5 Å². The number of ether oxygens (including phenoxy) is 2. The van der Waals surface area contributed by atoms with E-state index in [1.807, 2.05) is 6.07 Å². The van der Waals surface area contributed by atoms with E-state index in [1.54, 1.807) is 53.7 Å². The lowest BCUT2D eigenvalue weighted by molar-refractivity contribution is -0.145. The van der Waals surface area contributed by atoms with Crippen LogP contribution in [-0.4, -0.2) is 30.2 Å². The largest absolute Gasteiger partial charge is 0.422 e. The first kappa shape index (κ1) is 43.2. The molecule has 0 bridgehead atoms. The van der Waals surface area contributed by atoms with Crippen LogP contribution in [0.2, 0.25) is 0 Å². The van der Waals surface area contributed by atoms with Crippen molar-refractivity contribution in [2.75, 3.05) is 13.2 Å². The number of hydrogen-bond acceptors (Lipinski definition) is 6. The van der Waals surface area contributed by atoms with Crippen molar-refractivity contribution in [3.8, 4) is 11.5 Å². The predicted octanol–water partition coefficient (Wildman–Crippen LogP) is 9.53. The summed E-state index contributed by atoms with van der Waals surface area (Å²) in [5.41, 5.74) is 5.17. The molecule has 0 amide bonds. The number of esters is 2. The maximum absolute atomic E-state index is 12.2. The van der Waals surface area contributed by atoms with Crippen molar-refractivity contribution in [2.24, 2.45) is 16.6 Å². The molecule has 3 N–H and O–H groups in total. The van der Waals surface area contributed by atoms with Crippen molar-refractivity contribution >= 4 is 24.3 Å². The lowest BCUT2D eigenvalue weighted by Crippen LogP contribution is -2.28. The molecule has 0 atom stereocenters. The maximum atomic E-state index is 12.2. The summed E-state index contributed by atoms with van der Waals surface area (Å²) < 4.78 is 10.9. The van der Waals surface area contributed by atoms with E-state index in [1.165, 1.54) is 83.5 Å². The van der Waals surface area contributed by atoms with Crippen LogP contribution in [0.4, 0.5) is 0 Å². The topological polar surface area (TPSA) is 98.9 Å². The third kappa shape index (κ3) is 23.2. The number of unbranched alkanes of at least 4 members (excludes halogenated alkanes) is 12. The third-order valence-corrected chi connectivity index (χ3v) is 6.74. The second-order valence-corrected chi connectivity index (χ2v) is 13.3. The van der Waals surface area contributed by atoms with Crippen LogP contribution in [0.25, 0.3) is 0 Å². The molecule has 0 saturated carbocycles. The van der Waals surface area contributed by atoms with Crippen LogP contribution in [0, 0.1) is 10.8 Å². The van der Waals surface area contributed by atoms with Crippen molar-refractivity contribution in [1.29, 1.82) is 0 Å². The first-order valence-corrected chi connectivity index (χ1v) is 16.4. The fourth-order valence-corrected chi connectivity index (χ4v) is 3.90. The van der Waals surface area contributed by atoms with Gasteiger partial charge in [-0.15, -0.1) is 12.4 Å². The summed E-state index contributed by atoms with van der Waals surface area (Å²) in [6.45, 7) is 13.7. The molecule has 250 valence electrons. The van der Waals surface area contributed by atoms with E-state index >= 15 is 0 Å². The first-order chi connectivity index (χ1) is 19.9. The van der Waals surface area contributed by atoms with Crippen LogP contribution in [0.3, 0.4) is 0 Å². The summed E-state index contributed by atoms with van der Waals surface area (Å²) in [5, 5.41) is 8.66. The monoisotopic (exact) mass is 625 g/mol. The van der Waals surface area contributed by atoms with Crippen molar-refractivity contribution in [3.05, 3.63) is 35.9 Å².